The molecule has 0 heterocycles. The summed E-state index contributed by atoms with van der Waals surface area (Å²) in [6.07, 6.45) is 1.87. The third kappa shape index (κ3) is 3.75. The van der Waals surface area contributed by atoms with Crippen LogP contribution >= 0.6 is 0 Å². The molecule has 80 valence electrons. The van der Waals surface area contributed by atoms with E-state index >= 15 is 0 Å². The van der Waals surface area contributed by atoms with Crippen LogP contribution in [0.25, 0.3) is 0 Å². The molecule has 0 bridgehead atoms. The molecule has 3 N–H and O–H groups in total. The van der Waals surface area contributed by atoms with E-state index in [9.17, 15) is 0 Å². The number of allylic oxidation sites excluding steroid dienone is 1. The summed E-state index contributed by atoms with van der Waals surface area (Å²) in [4.78, 5) is 3.60. The number of hydrogen-bond donors (Lipinski definition) is 2. The maximum absolute atomic E-state index is 9.07. The summed E-state index contributed by atoms with van der Waals surface area (Å²) < 4.78 is 0. The third-order valence-electron chi connectivity index (χ3n) is 2.24. The van der Waals surface area contributed by atoms with Gasteiger partial charge in [-0.05, 0) is 19.1 Å². The Labute approximate surface area is 86.0 Å². The molecule has 0 amide bonds. The van der Waals surface area contributed by atoms with Crippen LogP contribution in [-0.2, 0) is 0 Å². The predicted octanol–water partition coefficient (Wildman–Crippen LogP) is 1.84. The number of nitrogens with zero attached hydrogens (tertiary/aromatic N) is 1. The Balaban J connectivity index is 5.04. The van der Waals surface area contributed by atoms with Crippen molar-refractivity contribution >= 4 is 6.72 Å². The summed E-state index contributed by atoms with van der Waals surface area (Å²) in [7, 11) is 0. The van der Waals surface area contributed by atoms with Crippen molar-refractivity contribution in [3.8, 4) is 0 Å². The highest BCUT2D eigenvalue weighted by Gasteiger charge is 2.13. The van der Waals surface area contributed by atoms with Gasteiger partial charge in [-0.25, -0.2) is 4.99 Å². The van der Waals surface area contributed by atoms with Crippen LogP contribution in [0.1, 0.15) is 27.7 Å². The van der Waals surface area contributed by atoms with Crippen molar-refractivity contribution in [1.82, 2.24) is 0 Å². The first kappa shape index (κ1) is 12.9. The van der Waals surface area contributed by atoms with Gasteiger partial charge in [-0.2, -0.15) is 0 Å². The molecule has 0 aromatic carbocycles. The summed E-state index contributed by atoms with van der Waals surface area (Å²) >= 11 is 0. The van der Waals surface area contributed by atoms with Gasteiger partial charge < -0.3 is 10.8 Å². The summed E-state index contributed by atoms with van der Waals surface area (Å²) in [5.41, 5.74) is 7.40. The standard InChI is InChI=1S/C11H20N2O/c1-8(11(2,3)4)6-9(7-14)10(12)13-5/h6,14H,5,7,12H2,1-4H3/b8-6+,10-9+. The molecule has 0 saturated carbocycles. The van der Waals surface area contributed by atoms with Gasteiger partial charge in [0.15, 0.2) is 0 Å². The molecule has 0 aromatic heterocycles. The molecule has 14 heavy (non-hydrogen) atoms. The quantitative estimate of drug-likeness (QED) is 0.534. The molecule has 0 aliphatic carbocycles. The zero-order chi connectivity index (χ0) is 11.4. The fourth-order valence-electron chi connectivity index (χ4n) is 0.780. The first-order valence-electron chi connectivity index (χ1n) is 4.58. The summed E-state index contributed by atoms with van der Waals surface area (Å²) in [6.45, 7) is 11.5. The topological polar surface area (TPSA) is 58.6 Å². The van der Waals surface area contributed by atoms with Crippen molar-refractivity contribution in [3.05, 3.63) is 23.0 Å². The third-order valence-corrected chi connectivity index (χ3v) is 2.24. The molecule has 0 radical (unpaired) electrons. The van der Waals surface area contributed by atoms with Crippen LogP contribution in [0.4, 0.5) is 0 Å². The van der Waals surface area contributed by atoms with E-state index in [2.05, 4.69) is 32.5 Å². The molecule has 3 nitrogen and oxygen atoms in total. The fraction of sp³-hybridized carbons (Fsp3) is 0.545. The van der Waals surface area contributed by atoms with Gasteiger partial charge in [0.05, 0.1) is 6.61 Å². The predicted molar refractivity (Wildman–Crippen MR) is 61.1 cm³/mol. The van der Waals surface area contributed by atoms with E-state index < -0.39 is 0 Å². The lowest BCUT2D eigenvalue weighted by molar-refractivity contribution is 0.333. The fourth-order valence-corrected chi connectivity index (χ4v) is 0.780. The molecule has 0 aliphatic rings. The Bertz CT molecular complexity index is 270. The monoisotopic (exact) mass is 196 g/mol. The Kier molecular flexibility index (Phi) is 4.57. The first-order chi connectivity index (χ1) is 6.32. The highest BCUT2D eigenvalue weighted by atomic mass is 16.3. The second-order valence-electron chi connectivity index (χ2n) is 4.30. The Morgan fingerprint density at radius 1 is 1.50 bits per heavy atom. The van der Waals surface area contributed by atoms with Crippen molar-refractivity contribution < 1.29 is 5.11 Å². The molecule has 0 atom stereocenters. The summed E-state index contributed by atoms with van der Waals surface area (Å²) in [5.74, 6) is 0.288. The number of nitrogens with two attached hydrogens (primary N) is 1. The van der Waals surface area contributed by atoms with Gasteiger partial charge in [-0.3, -0.25) is 0 Å². The van der Waals surface area contributed by atoms with Gasteiger partial charge in [0, 0.05) is 5.57 Å². The van der Waals surface area contributed by atoms with E-state index in [1.165, 1.54) is 0 Å². The molecular weight excluding hydrogens is 176 g/mol. The summed E-state index contributed by atoms with van der Waals surface area (Å²) in [6, 6.07) is 0. The second-order valence-corrected chi connectivity index (χ2v) is 4.30. The highest BCUT2D eigenvalue weighted by Crippen LogP contribution is 2.25. The lowest BCUT2D eigenvalue weighted by Crippen LogP contribution is -2.09. The molecule has 0 rings (SSSR count). The van der Waals surface area contributed by atoms with Crippen molar-refractivity contribution in [2.24, 2.45) is 16.1 Å². The normalized spacial score (nSPS) is 15.1. The number of rotatable bonds is 3. The smallest absolute Gasteiger partial charge is 0.128 e. The number of aliphatic imine (C=N–C) groups is 1. The maximum atomic E-state index is 9.07. The Morgan fingerprint density at radius 3 is 2.29 bits per heavy atom. The minimum atomic E-state index is -0.113. The van der Waals surface area contributed by atoms with Gasteiger partial charge in [-0.1, -0.05) is 32.4 Å². The lowest BCUT2D eigenvalue weighted by Gasteiger charge is -2.20. The van der Waals surface area contributed by atoms with Gasteiger partial charge >= 0.3 is 0 Å². The van der Waals surface area contributed by atoms with E-state index in [0.717, 1.165) is 5.57 Å². The largest absolute Gasteiger partial charge is 0.392 e. The Hall–Kier alpha value is -1.09. The van der Waals surface area contributed by atoms with Gasteiger partial charge in [-0.15, -0.1) is 0 Å². The second kappa shape index (κ2) is 4.96. The van der Waals surface area contributed by atoms with Gasteiger partial charge in [0.25, 0.3) is 0 Å². The van der Waals surface area contributed by atoms with Crippen LogP contribution in [0.3, 0.4) is 0 Å². The van der Waals surface area contributed by atoms with Crippen LogP contribution in [0.2, 0.25) is 0 Å². The molecule has 0 aromatic rings. The molecule has 0 aliphatic heterocycles. The minimum absolute atomic E-state index is 0.0713. The Morgan fingerprint density at radius 2 is 2.00 bits per heavy atom. The molecule has 0 fully saturated rings. The zero-order valence-electron chi connectivity index (χ0n) is 9.46. The van der Waals surface area contributed by atoms with Crippen LogP contribution in [-0.4, -0.2) is 18.4 Å². The van der Waals surface area contributed by atoms with Gasteiger partial charge in [0.2, 0.25) is 0 Å². The van der Waals surface area contributed by atoms with Crippen LogP contribution in [0.5, 0.6) is 0 Å². The van der Waals surface area contributed by atoms with E-state index in [1.54, 1.807) is 0 Å². The molecular formula is C11H20N2O. The first-order valence-corrected chi connectivity index (χ1v) is 4.58. The molecule has 0 spiro atoms. The van der Waals surface area contributed by atoms with E-state index in [4.69, 9.17) is 10.8 Å². The van der Waals surface area contributed by atoms with Crippen molar-refractivity contribution in [2.75, 3.05) is 6.61 Å². The highest BCUT2D eigenvalue weighted by molar-refractivity contribution is 5.35. The minimum Gasteiger partial charge on any atom is -0.392 e. The van der Waals surface area contributed by atoms with Crippen LogP contribution in [0.15, 0.2) is 28.0 Å². The lowest BCUT2D eigenvalue weighted by atomic mass is 9.86. The number of hydrogen-bond acceptors (Lipinski definition) is 3. The average Bonchev–Trinajstić information content (AvgIpc) is 2.10. The summed E-state index contributed by atoms with van der Waals surface area (Å²) in [5, 5.41) is 9.07. The number of aliphatic hydroxyl groups is 1. The van der Waals surface area contributed by atoms with E-state index in [-0.39, 0.29) is 17.8 Å². The molecule has 0 unspecified atom stereocenters. The van der Waals surface area contributed by atoms with Gasteiger partial charge in [0.1, 0.15) is 5.82 Å². The van der Waals surface area contributed by atoms with Crippen molar-refractivity contribution in [2.45, 2.75) is 27.7 Å². The zero-order valence-corrected chi connectivity index (χ0v) is 9.46. The van der Waals surface area contributed by atoms with E-state index in [0.29, 0.717) is 5.57 Å². The number of aliphatic hydroxyl groups excluding tert-OH is 1. The van der Waals surface area contributed by atoms with Crippen LogP contribution in [0, 0.1) is 5.41 Å². The SMILES string of the molecule is C=N/C(N)=C(\C=C(/C)C(C)(C)C)CO. The molecule has 3 heteroatoms. The average molecular weight is 196 g/mol. The maximum Gasteiger partial charge on any atom is 0.128 e. The van der Waals surface area contributed by atoms with Crippen molar-refractivity contribution in [3.63, 3.8) is 0 Å². The van der Waals surface area contributed by atoms with E-state index in [1.807, 2.05) is 13.0 Å². The van der Waals surface area contributed by atoms with Crippen LogP contribution < -0.4 is 5.73 Å². The molecule has 0 saturated heterocycles. The van der Waals surface area contributed by atoms with Crippen molar-refractivity contribution in [1.29, 1.82) is 0 Å².